The first-order valence-electron chi connectivity index (χ1n) is 2.71. The normalized spacial score (nSPS) is 8.20. The highest BCUT2D eigenvalue weighted by atomic mass is 79.9. The summed E-state index contributed by atoms with van der Waals surface area (Å²) in [6.45, 7) is 0. The van der Waals surface area contributed by atoms with Crippen LogP contribution in [0.4, 0.5) is 4.39 Å². The third-order valence-electron chi connectivity index (χ3n) is 1.06. The third kappa shape index (κ3) is 1.58. The molecule has 0 bridgehead atoms. The van der Waals surface area contributed by atoms with Crippen LogP contribution in [0.15, 0.2) is 24.3 Å². The highest BCUT2D eigenvalue weighted by Crippen LogP contribution is 2.03. The highest BCUT2D eigenvalue weighted by molar-refractivity contribution is 9.12. The molecule has 0 aliphatic rings. The average Bonchev–Trinajstić information content (AvgIpc) is 1.94. The number of hydrogen-bond donors (Lipinski definition) is 0. The zero-order valence-electron chi connectivity index (χ0n) is 5.07. The predicted octanol–water partition coefficient (Wildman–Crippen LogP) is 2.53. The van der Waals surface area contributed by atoms with Gasteiger partial charge in [0.25, 0.3) is 0 Å². The summed E-state index contributed by atoms with van der Waals surface area (Å²) >= 11 is 2.89. The highest BCUT2D eigenvalue weighted by Gasteiger charge is 1.93. The van der Waals surface area contributed by atoms with E-state index in [0.29, 0.717) is 5.56 Å². The minimum Gasteiger partial charge on any atom is -0.206 e. The van der Waals surface area contributed by atoms with Crippen LogP contribution in [0, 0.1) is 16.6 Å². The van der Waals surface area contributed by atoms with Gasteiger partial charge in [-0.3, -0.25) is 0 Å². The van der Waals surface area contributed by atoms with Crippen LogP contribution in [0.5, 0.6) is 0 Å². The van der Waals surface area contributed by atoms with E-state index in [1.807, 2.05) is 0 Å². The number of rotatable bonds is 0. The van der Waals surface area contributed by atoms with E-state index in [1.54, 1.807) is 18.2 Å². The van der Waals surface area contributed by atoms with E-state index in [1.165, 1.54) is 6.07 Å². The van der Waals surface area contributed by atoms with Crippen molar-refractivity contribution in [3.05, 3.63) is 35.6 Å². The Bertz CT molecular complexity index is 283. The van der Waals surface area contributed by atoms with Crippen molar-refractivity contribution in [2.75, 3.05) is 0 Å². The molecule has 1 aromatic rings. The Balaban J connectivity index is 3.11. The molecule has 0 N–H and O–H groups in total. The van der Waals surface area contributed by atoms with E-state index in [2.05, 4.69) is 26.7 Å². The summed E-state index contributed by atoms with van der Waals surface area (Å²) in [6.07, 6.45) is 0. The minimum absolute atomic E-state index is 0.283. The summed E-state index contributed by atoms with van der Waals surface area (Å²) in [7, 11) is 0. The molecular formula is C8H4BrF. The fourth-order valence-corrected chi connectivity index (χ4v) is 0.827. The van der Waals surface area contributed by atoms with Crippen molar-refractivity contribution < 1.29 is 4.39 Å². The van der Waals surface area contributed by atoms with E-state index < -0.39 is 0 Å². The summed E-state index contributed by atoms with van der Waals surface area (Å²) < 4.78 is 12.7. The standard InChI is InChI=1S/C8H4BrF/c9-6-5-7-3-1-2-4-8(7)10/h1-4H. The van der Waals surface area contributed by atoms with Gasteiger partial charge in [0.05, 0.1) is 5.56 Å². The molecule has 0 aliphatic carbocycles. The second-order valence-corrected chi connectivity index (χ2v) is 2.10. The molecule has 0 fully saturated rings. The lowest BCUT2D eigenvalue weighted by molar-refractivity contribution is 0.624. The van der Waals surface area contributed by atoms with Gasteiger partial charge in [0.2, 0.25) is 0 Å². The maximum Gasteiger partial charge on any atom is 0.138 e. The third-order valence-corrected chi connectivity index (χ3v) is 1.25. The summed E-state index contributed by atoms with van der Waals surface area (Å²) in [5.41, 5.74) is 0.416. The van der Waals surface area contributed by atoms with Gasteiger partial charge in [-0.25, -0.2) is 4.39 Å². The first kappa shape index (κ1) is 7.30. The van der Waals surface area contributed by atoms with E-state index in [0.717, 1.165) is 0 Å². The molecule has 0 saturated carbocycles. The van der Waals surface area contributed by atoms with Gasteiger partial charge < -0.3 is 0 Å². The first-order chi connectivity index (χ1) is 4.84. The zero-order valence-corrected chi connectivity index (χ0v) is 6.65. The molecule has 0 saturated heterocycles. The lowest BCUT2D eigenvalue weighted by Gasteiger charge is -1.89. The van der Waals surface area contributed by atoms with Gasteiger partial charge in [0.15, 0.2) is 0 Å². The molecule has 1 aromatic carbocycles. The largest absolute Gasteiger partial charge is 0.206 e. The van der Waals surface area contributed by atoms with E-state index in [-0.39, 0.29) is 5.82 Å². The van der Waals surface area contributed by atoms with Crippen LogP contribution in [-0.4, -0.2) is 0 Å². The molecule has 0 unspecified atom stereocenters. The fraction of sp³-hybridized carbons (Fsp3) is 0. The Morgan fingerprint density at radius 2 is 2.00 bits per heavy atom. The van der Waals surface area contributed by atoms with Crippen molar-refractivity contribution in [3.63, 3.8) is 0 Å². The van der Waals surface area contributed by atoms with Gasteiger partial charge in [-0.15, -0.1) is 0 Å². The lowest BCUT2D eigenvalue weighted by Crippen LogP contribution is -1.79. The Labute approximate surface area is 67.2 Å². The Kier molecular flexibility index (Phi) is 2.47. The number of benzene rings is 1. The second kappa shape index (κ2) is 3.38. The van der Waals surface area contributed by atoms with Crippen molar-refractivity contribution in [2.24, 2.45) is 0 Å². The van der Waals surface area contributed by atoms with Crippen LogP contribution in [0.2, 0.25) is 0 Å². The molecule has 0 atom stereocenters. The molecule has 0 aromatic heterocycles. The monoisotopic (exact) mass is 198 g/mol. The molecule has 0 heterocycles. The Morgan fingerprint density at radius 1 is 1.30 bits per heavy atom. The van der Waals surface area contributed by atoms with Gasteiger partial charge in [-0.05, 0) is 17.0 Å². The second-order valence-electron chi connectivity index (χ2n) is 1.70. The molecule has 0 spiro atoms. The molecule has 50 valence electrons. The fourth-order valence-electron chi connectivity index (χ4n) is 0.613. The van der Waals surface area contributed by atoms with Crippen LogP contribution in [0.25, 0.3) is 0 Å². The van der Waals surface area contributed by atoms with Crippen LogP contribution in [0.3, 0.4) is 0 Å². The van der Waals surface area contributed by atoms with Crippen molar-refractivity contribution in [3.8, 4) is 10.8 Å². The summed E-state index contributed by atoms with van der Waals surface area (Å²) in [5.74, 6) is 2.28. The molecule has 0 radical (unpaired) electrons. The summed E-state index contributed by atoms with van der Waals surface area (Å²) in [6, 6.07) is 6.39. The molecule has 0 amide bonds. The average molecular weight is 199 g/mol. The quantitative estimate of drug-likeness (QED) is 0.563. The minimum atomic E-state index is -0.283. The molecular weight excluding hydrogens is 195 g/mol. The maximum absolute atomic E-state index is 12.7. The SMILES string of the molecule is Fc1ccccc1C#CBr. The number of hydrogen-bond acceptors (Lipinski definition) is 0. The molecule has 2 heteroatoms. The molecule has 0 aliphatic heterocycles. The van der Waals surface area contributed by atoms with E-state index in [9.17, 15) is 4.39 Å². The summed E-state index contributed by atoms with van der Waals surface area (Å²) in [5, 5.41) is 0. The van der Waals surface area contributed by atoms with Crippen LogP contribution in [-0.2, 0) is 0 Å². The van der Waals surface area contributed by atoms with E-state index >= 15 is 0 Å². The van der Waals surface area contributed by atoms with E-state index in [4.69, 9.17) is 0 Å². The van der Waals surface area contributed by atoms with Gasteiger partial charge >= 0.3 is 0 Å². The van der Waals surface area contributed by atoms with Gasteiger partial charge in [0.1, 0.15) is 5.82 Å². The van der Waals surface area contributed by atoms with Crippen molar-refractivity contribution in [1.29, 1.82) is 0 Å². The maximum atomic E-state index is 12.7. The molecule has 1 rings (SSSR count). The summed E-state index contributed by atoms with van der Waals surface area (Å²) in [4.78, 5) is 2.45. The van der Waals surface area contributed by atoms with Crippen molar-refractivity contribution >= 4 is 15.9 Å². The van der Waals surface area contributed by atoms with Crippen LogP contribution < -0.4 is 0 Å². The van der Waals surface area contributed by atoms with Crippen LogP contribution >= 0.6 is 15.9 Å². The Hall–Kier alpha value is -0.810. The number of halogens is 2. The van der Waals surface area contributed by atoms with Crippen molar-refractivity contribution in [1.82, 2.24) is 0 Å². The first-order valence-corrected chi connectivity index (χ1v) is 3.50. The van der Waals surface area contributed by atoms with Crippen LogP contribution in [0.1, 0.15) is 5.56 Å². The van der Waals surface area contributed by atoms with Gasteiger partial charge in [0, 0.05) is 15.9 Å². The topological polar surface area (TPSA) is 0 Å². The zero-order chi connectivity index (χ0) is 7.40. The lowest BCUT2D eigenvalue weighted by atomic mass is 10.2. The van der Waals surface area contributed by atoms with Gasteiger partial charge in [-0.2, -0.15) is 0 Å². The van der Waals surface area contributed by atoms with Crippen molar-refractivity contribution in [2.45, 2.75) is 0 Å². The molecule has 10 heavy (non-hydrogen) atoms. The predicted molar refractivity (Wildman–Crippen MR) is 42.2 cm³/mol. The Morgan fingerprint density at radius 3 is 2.60 bits per heavy atom. The van der Waals surface area contributed by atoms with Gasteiger partial charge in [-0.1, -0.05) is 18.1 Å². The molecule has 0 nitrogen and oxygen atoms in total. The smallest absolute Gasteiger partial charge is 0.138 e.